The largest absolute Gasteiger partial charge is 0.375 e. The van der Waals surface area contributed by atoms with Crippen molar-refractivity contribution >= 4 is 15.9 Å². The van der Waals surface area contributed by atoms with E-state index in [1.807, 2.05) is 0 Å². The second-order valence-corrected chi connectivity index (χ2v) is 6.78. The summed E-state index contributed by atoms with van der Waals surface area (Å²) < 4.78 is 7.19. The van der Waals surface area contributed by atoms with E-state index in [0.717, 1.165) is 36.8 Å². The zero-order valence-electron chi connectivity index (χ0n) is 12.8. The summed E-state index contributed by atoms with van der Waals surface area (Å²) in [5.41, 5.74) is 1.44. The fourth-order valence-corrected chi connectivity index (χ4v) is 3.38. The van der Waals surface area contributed by atoms with Crippen molar-refractivity contribution in [2.24, 2.45) is 0 Å². The summed E-state index contributed by atoms with van der Waals surface area (Å²) in [6, 6.07) is 9.54. The molecule has 1 saturated heterocycles. The van der Waals surface area contributed by atoms with E-state index in [1.165, 1.54) is 5.56 Å². The first kappa shape index (κ1) is 16.0. The fourth-order valence-electron chi connectivity index (χ4n) is 3.11. The van der Waals surface area contributed by atoms with Gasteiger partial charge in [-0.15, -0.1) is 0 Å². The summed E-state index contributed by atoms with van der Waals surface area (Å²) in [6.07, 6.45) is 4.45. The lowest BCUT2D eigenvalue weighted by Crippen LogP contribution is -2.47. The van der Waals surface area contributed by atoms with Crippen LogP contribution in [0.1, 0.15) is 58.1 Å². The van der Waals surface area contributed by atoms with Gasteiger partial charge in [0, 0.05) is 23.2 Å². The maximum atomic E-state index is 6.05. The molecule has 0 saturated carbocycles. The van der Waals surface area contributed by atoms with E-state index >= 15 is 0 Å². The van der Waals surface area contributed by atoms with Crippen LogP contribution in [0, 0.1) is 0 Å². The van der Waals surface area contributed by atoms with Crippen molar-refractivity contribution in [1.29, 1.82) is 0 Å². The predicted molar refractivity (Wildman–Crippen MR) is 88.0 cm³/mol. The first-order chi connectivity index (χ1) is 9.58. The van der Waals surface area contributed by atoms with Gasteiger partial charge in [-0.2, -0.15) is 0 Å². The van der Waals surface area contributed by atoms with Gasteiger partial charge in [0.2, 0.25) is 0 Å². The molecule has 0 amide bonds. The monoisotopic (exact) mass is 339 g/mol. The van der Waals surface area contributed by atoms with E-state index in [2.05, 4.69) is 66.3 Å². The summed E-state index contributed by atoms with van der Waals surface area (Å²) in [7, 11) is 0. The van der Waals surface area contributed by atoms with Crippen LogP contribution in [-0.2, 0) is 4.74 Å². The van der Waals surface area contributed by atoms with Crippen molar-refractivity contribution in [2.75, 3.05) is 6.61 Å². The maximum absolute atomic E-state index is 6.05. The molecule has 2 rings (SSSR count). The number of rotatable bonds is 5. The van der Waals surface area contributed by atoms with Gasteiger partial charge < -0.3 is 10.1 Å². The molecule has 3 heteroatoms. The Balaban J connectivity index is 1.97. The van der Waals surface area contributed by atoms with Crippen LogP contribution in [0.3, 0.4) is 0 Å². The lowest BCUT2D eigenvalue weighted by Gasteiger charge is -2.41. The van der Waals surface area contributed by atoms with Crippen molar-refractivity contribution in [3.63, 3.8) is 0 Å². The van der Waals surface area contributed by atoms with Gasteiger partial charge in [0.05, 0.1) is 5.60 Å². The van der Waals surface area contributed by atoms with E-state index in [4.69, 9.17) is 4.74 Å². The van der Waals surface area contributed by atoms with Gasteiger partial charge in [0.15, 0.2) is 0 Å². The second-order valence-electron chi connectivity index (χ2n) is 5.87. The third kappa shape index (κ3) is 3.84. The molecular formula is C17H26BrNO. The fraction of sp³-hybridized carbons (Fsp3) is 0.647. The Labute approximate surface area is 131 Å². The number of ether oxygens (including phenoxy) is 1. The minimum Gasteiger partial charge on any atom is -0.375 e. The molecule has 1 aliphatic rings. The highest BCUT2D eigenvalue weighted by Gasteiger charge is 2.34. The highest BCUT2D eigenvalue weighted by molar-refractivity contribution is 9.10. The molecule has 1 fully saturated rings. The van der Waals surface area contributed by atoms with E-state index in [9.17, 15) is 0 Å². The SMILES string of the molecule is CCC1(CC)CC(NC(C)c2ccc(Br)cc2)CCO1. The summed E-state index contributed by atoms with van der Waals surface area (Å²) >= 11 is 3.49. The van der Waals surface area contributed by atoms with E-state index in [-0.39, 0.29) is 5.60 Å². The molecule has 1 heterocycles. The zero-order valence-corrected chi connectivity index (χ0v) is 14.4. The molecule has 2 unspecified atom stereocenters. The van der Waals surface area contributed by atoms with Crippen LogP contribution in [0.5, 0.6) is 0 Å². The first-order valence-electron chi connectivity index (χ1n) is 7.74. The highest BCUT2D eigenvalue weighted by atomic mass is 79.9. The molecule has 1 aliphatic heterocycles. The number of benzene rings is 1. The van der Waals surface area contributed by atoms with Gasteiger partial charge in [0.1, 0.15) is 0 Å². The molecule has 0 spiro atoms. The molecule has 0 aromatic heterocycles. The average molecular weight is 340 g/mol. The second kappa shape index (κ2) is 7.06. The van der Waals surface area contributed by atoms with Crippen LogP contribution < -0.4 is 5.32 Å². The van der Waals surface area contributed by atoms with E-state index in [1.54, 1.807) is 0 Å². The van der Waals surface area contributed by atoms with Gasteiger partial charge in [-0.3, -0.25) is 0 Å². The van der Waals surface area contributed by atoms with E-state index in [0.29, 0.717) is 12.1 Å². The highest BCUT2D eigenvalue weighted by Crippen LogP contribution is 2.32. The molecule has 20 heavy (non-hydrogen) atoms. The Morgan fingerprint density at radius 3 is 2.55 bits per heavy atom. The third-order valence-electron chi connectivity index (χ3n) is 4.64. The van der Waals surface area contributed by atoms with Crippen molar-refractivity contribution < 1.29 is 4.74 Å². The smallest absolute Gasteiger partial charge is 0.0692 e. The quantitative estimate of drug-likeness (QED) is 0.828. The number of nitrogens with one attached hydrogen (secondary N) is 1. The Kier molecular flexibility index (Phi) is 5.65. The van der Waals surface area contributed by atoms with Crippen LogP contribution in [0.2, 0.25) is 0 Å². The minimum absolute atomic E-state index is 0.0926. The molecule has 1 aromatic carbocycles. The number of hydrogen-bond donors (Lipinski definition) is 1. The summed E-state index contributed by atoms with van der Waals surface area (Å²) in [5.74, 6) is 0. The number of halogens is 1. The Hall–Kier alpha value is -0.380. The molecule has 1 aromatic rings. The molecule has 2 nitrogen and oxygen atoms in total. The molecule has 0 bridgehead atoms. The van der Waals surface area contributed by atoms with Crippen LogP contribution in [0.15, 0.2) is 28.7 Å². The van der Waals surface area contributed by atoms with Crippen LogP contribution in [0.25, 0.3) is 0 Å². The summed E-state index contributed by atoms with van der Waals surface area (Å²) in [5, 5.41) is 3.78. The molecule has 2 atom stereocenters. The van der Waals surface area contributed by atoms with Gasteiger partial charge in [-0.05, 0) is 50.3 Å². The Bertz CT molecular complexity index is 414. The Morgan fingerprint density at radius 2 is 1.95 bits per heavy atom. The van der Waals surface area contributed by atoms with Crippen LogP contribution >= 0.6 is 15.9 Å². The molecule has 0 aliphatic carbocycles. The summed E-state index contributed by atoms with van der Waals surface area (Å²) in [4.78, 5) is 0. The zero-order chi connectivity index (χ0) is 14.6. The molecule has 1 N–H and O–H groups in total. The van der Waals surface area contributed by atoms with Gasteiger partial charge >= 0.3 is 0 Å². The normalized spacial score (nSPS) is 23.5. The molecule has 0 radical (unpaired) electrons. The van der Waals surface area contributed by atoms with Crippen molar-refractivity contribution in [1.82, 2.24) is 5.32 Å². The van der Waals surface area contributed by atoms with Crippen molar-refractivity contribution in [3.8, 4) is 0 Å². The van der Waals surface area contributed by atoms with Crippen molar-refractivity contribution in [3.05, 3.63) is 34.3 Å². The lowest BCUT2D eigenvalue weighted by molar-refractivity contribution is -0.0939. The van der Waals surface area contributed by atoms with E-state index < -0.39 is 0 Å². The van der Waals surface area contributed by atoms with Gasteiger partial charge in [-0.1, -0.05) is 41.9 Å². The average Bonchev–Trinajstić information content (AvgIpc) is 2.48. The molecule has 112 valence electrons. The third-order valence-corrected chi connectivity index (χ3v) is 5.17. The lowest BCUT2D eigenvalue weighted by atomic mass is 9.85. The van der Waals surface area contributed by atoms with Crippen LogP contribution in [-0.4, -0.2) is 18.2 Å². The Morgan fingerprint density at radius 1 is 1.30 bits per heavy atom. The number of hydrogen-bond acceptors (Lipinski definition) is 2. The molecular weight excluding hydrogens is 314 g/mol. The maximum Gasteiger partial charge on any atom is 0.0692 e. The van der Waals surface area contributed by atoms with Crippen molar-refractivity contribution in [2.45, 2.75) is 64.1 Å². The first-order valence-corrected chi connectivity index (χ1v) is 8.53. The van der Waals surface area contributed by atoms with Gasteiger partial charge in [-0.25, -0.2) is 0 Å². The van der Waals surface area contributed by atoms with Crippen LogP contribution in [0.4, 0.5) is 0 Å². The summed E-state index contributed by atoms with van der Waals surface area (Å²) in [6.45, 7) is 7.61. The predicted octanol–water partition coefficient (Wildman–Crippen LogP) is 4.84. The van der Waals surface area contributed by atoms with Gasteiger partial charge in [0.25, 0.3) is 0 Å². The minimum atomic E-state index is 0.0926. The standard InChI is InChI=1S/C17H26BrNO/c1-4-17(5-2)12-16(10-11-20-17)19-13(3)14-6-8-15(18)9-7-14/h6-9,13,16,19H,4-5,10-12H2,1-3H3. The topological polar surface area (TPSA) is 21.3 Å².